The van der Waals surface area contributed by atoms with E-state index < -0.39 is 66.3 Å². The van der Waals surface area contributed by atoms with Crippen LogP contribution >= 0.6 is 31.9 Å². The molecule has 12 nitrogen and oxygen atoms in total. The van der Waals surface area contributed by atoms with Crippen molar-refractivity contribution in [2.45, 2.75) is 23.0 Å². The van der Waals surface area contributed by atoms with Gasteiger partial charge in [-0.05, 0) is 97.6 Å². The quantitative estimate of drug-likeness (QED) is 0.124. The first-order chi connectivity index (χ1) is 24.4. The molecule has 2 heterocycles. The number of benzene rings is 4. The van der Waals surface area contributed by atoms with Crippen molar-refractivity contribution in [2.24, 2.45) is 10.3 Å². The summed E-state index contributed by atoms with van der Waals surface area (Å²) in [6.45, 7) is -1.07. The van der Waals surface area contributed by atoms with Gasteiger partial charge in [-0.1, -0.05) is 28.5 Å². The van der Waals surface area contributed by atoms with Crippen LogP contribution in [0, 0.1) is 23.3 Å². The SMILES string of the molecule is NS(=O)(=O)c1ccc(-c2c(-c3ccc(Br)c(Br)c3)noc2CO)cc1F.NS(=O)(=O)c1ccc(-c2c(-c3ccc(F)c(F)c3)noc2CO)cc1F. The molecule has 0 unspecified atom stereocenters. The van der Waals surface area contributed by atoms with E-state index in [1.165, 1.54) is 18.2 Å². The highest BCUT2D eigenvalue weighted by molar-refractivity contribution is 9.13. The van der Waals surface area contributed by atoms with E-state index in [4.69, 9.17) is 19.3 Å². The van der Waals surface area contributed by atoms with Gasteiger partial charge in [0.15, 0.2) is 23.2 Å². The van der Waals surface area contributed by atoms with E-state index in [0.717, 1.165) is 45.3 Å². The fourth-order valence-corrected chi connectivity index (χ4v) is 6.72. The third-order valence-electron chi connectivity index (χ3n) is 7.25. The van der Waals surface area contributed by atoms with Crippen molar-refractivity contribution >= 4 is 51.9 Å². The highest BCUT2D eigenvalue weighted by Crippen LogP contribution is 2.39. The maximum atomic E-state index is 14.2. The molecule has 6 N–H and O–H groups in total. The summed E-state index contributed by atoms with van der Waals surface area (Å²) >= 11 is 6.77. The van der Waals surface area contributed by atoms with Gasteiger partial charge in [-0.2, -0.15) is 0 Å². The van der Waals surface area contributed by atoms with Gasteiger partial charge in [0.2, 0.25) is 20.0 Å². The Kier molecular flexibility index (Phi) is 11.5. The smallest absolute Gasteiger partial charge is 0.240 e. The molecule has 2 aromatic heterocycles. The van der Waals surface area contributed by atoms with Crippen LogP contribution in [0.4, 0.5) is 17.6 Å². The summed E-state index contributed by atoms with van der Waals surface area (Å²) in [4.78, 5) is -1.33. The van der Waals surface area contributed by atoms with Gasteiger partial charge in [-0.3, -0.25) is 0 Å². The fourth-order valence-electron chi connectivity index (χ4n) is 4.91. The van der Waals surface area contributed by atoms with Crippen LogP contribution in [0.5, 0.6) is 0 Å². The molecule has 52 heavy (non-hydrogen) atoms. The summed E-state index contributed by atoms with van der Waals surface area (Å²) < 4.78 is 112. The summed E-state index contributed by atoms with van der Waals surface area (Å²) in [6, 6.07) is 14.8. The topological polar surface area (TPSA) is 213 Å². The van der Waals surface area contributed by atoms with Crippen molar-refractivity contribution in [1.29, 1.82) is 0 Å². The molecule has 0 aliphatic heterocycles. The second kappa shape index (κ2) is 15.4. The lowest BCUT2D eigenvalue weighted by Gasteiger charge is -2.07. The first-order valence-corrected chi connectivity index (χ1v) is 18.9. The minimum Gasteiger partial charge on any atom is -0.388 e. The molecule has 0 aliphatic carbocycles. The summed E-state index contributed by atoms with van der Waals surface area (Å²) in [5.41, 5.74) is 2.07. The molecule has 0 amide bonds. The Hall–Kier alpha value is -4.28. The van der Waals surface area contributed by atoms with Crippen LogP contribution in [0.15, 0.2) is 101 Å². The lowest BCUT2D eigenvalue weighted by atomic mass is 9.99. The Morgan fingerprint density at radius 3 is 1.35 bits per heavy atom. The molecule has 6 rings (SSSR count). The number of aliphatic hydroxyl groups excluding tert-OH is 2. The van der Waals surface area contributed by atoms with Crippen molar-refractivity contribution < 1.29 is 53.7 Å². The van der Waals surface area contributed by atoms with Crippen LogP contribution in [0.3, 0.4) is 0 Å². The number of rotatable bonds is 8. The average Bonchev–Trinajstić information content (AvgIpc) is 3.71. The van der Waals surface area contributed by atoms with Gasteiger partial charge in [0.25, 0.3) is 0 Å². The number of primary sulfonamides is 2. The number of hydrogen-bond acceptors (Lipinski definition) is 10. The molecule has 272 valence electrons. The van der Waals surface area contributed by atoms with Gasteiger partial charge in [0.1, 0.15) is 46.0 Å². The molecule has 0 atom stereocenters. The summed E-state index contributed by atoms with van der Waals surface area (Å²) in [5.74, 6) is -4.25. The zero-order valence-electron chi connectivity index (χ0n) is 25.8. The van der Waals surface area contributed by atoms with E-state index >= 15 is 0 Å². The number of nitrogens with two attached hydrogens (primary N) is 2. The van der Waals surface area contributed by atoms with Gasteiger partial charge in [-0.25, -0.2) is 44.7 Å². The first-order valence-electron chi connectivity index (χ1n) is 14.2. The average molecular weight is 890 g/mol. The zero-order valence-corrected chi connectivity index (χ0v) is 30.6. The molecule has 0 aliphatic rings. The van der Waals surface area contributed by atoms with Crippen LogP contribution in [-0.2, 0) is 33.3 Å². The Bertz CT molecular complexity index is 2370. The molecule has 0 spiro atoms. The first kappa shape index (κ1) is 38.9. The third-order valence-corrected chi connectivity index (χ3v) is 11.0. The number of aliphatic hydroxyl groups is 2. The molecule has 0 saturated heterocycles. The monoisotopic (exact) mass is 888 g/mol. The number of halogens is 6. The van der Waals surface area contributed by atoms with Gasteiger partial charge in [-0.15, -0.1) is 0 Å². The van der Waals surface area contributed by atoms with E-state index in [1.54, 1.807) is 18.2 Å². The Balaban J connectivity index is 0.000000201. The molecule has 0 fully saturated rings. The molecule has 0 bridgehead atoms. The Morgan fingerprint density at radius 2 is 0.962 bits per heavy atom. The molecule has 0 saturated carbocycles. The lowest BCUT2D eigenvalue weighted by molar-refractivity contribution is 0.230. The minimum absolute atomic E-state index is 0.0238. The van der Waals surface area contributed by atoms with Crippen molar-refractivity contribution in [3.05, 3.63) is 117 Å². The second-order valence-corrected chi connectivity index (χ2v) is 15.4. The van der Waals surface area contributed by atoms with Crippen LogP contribution in [0.1, 0.15) is 11.5 Å². The fraction of sp³-hybridized carbons (Fsp3) is 0.0625. The molecule has 4 aromatic carbocycles. The van der Waals surface area contributed by atoms with E-state index in [1.807, 2.05) is 0 Å². The molecular weight excluding hydrogens is 868 g/mol. The largest absolute Gasteiger partial charge is 0.388 e. The highest BCUT2D eigenvalue weighted by Gasteiger charge is 2.24. The van der Waals surface area contributed by atoms with Crippen LogP contribution in [-0.4, -0.2) is 37.4 Å². The number of aromatic nitrogens is 2. The normalized spacial score (nSPS) is 11.7. The van der Waals surface area contributed by atoms with E-state index in [2.05, 4.69) is 42.2 Å². The lowest BCUT2D eigenvalue weighted by Crippen LogP contribution is -2.14. The van der Waals surface area contributed by atoms with Crippen molar-refractivity contribution in [1.82, 2.24) is 10.3 Å². The number of sulfonamides is 2. The molecule has 0 radical (unpaired) electrons. The third kappa shape index (κ3) is 8.18. The van der Waals surface area contributed by atoms with Crippen LogP contribution in [0.2, 0.25) is 0 Å². The molecule has 20 heteroatoms. The summed E-state index contributed by atoms with van der Waals surface area (Å²) in [6.07, 6.45) is 0. The number of nitrogens with zero attached hydrogens (tertiary/aromatic N) is 2. The van der Waals surface area contributed by atoms with Crippen molar-refractivity contribution in [3.63, 3.8) is 0 Å². The predicted octanol–water partition coefficient (Wildman–Crippen LogP) is 6.38. The highest BCUT2D eigenvalue weighted by atomic mass is 79.9. The minimum atomic E-state index is -4.26. The molecule has 6 aromatic rings. The molecular formula is C32H22Br2F4N4O8S2. The zero-order chi connectivity index (χ0) is 38.1. The van der Waals surface area contributed by atoms with Crippen molar-refractivity contribution in [3.8, 4) is 44.8 Å². The van der Waals surface area contributed by atoms with Gasteiger partial charge < -0.3 is 19.3 Å². The number of hydrogen-bond donors (Lipinski definition) is 4. The maximum absolute atomic E-state index is 14.2. The van der Waals surface area contributed by atoms with E-state index in [0.29, 0.717) is 22.4 Å². The maximum Gasteiger partial charge on any atom is 0.240 e. The predicted molar refractivity (Wildman–Crippen MR) is 185 cm³/mol. The van der Waals surface area contributed by atoms with Crippen LogP contribution in [0.25, 0.3) is 44.8 Å². The van der Waals surface area contributed by atoms with E-state index in [-0.39, 0.29) is 33.9 Å². The van der Waals surface area contributed by atoms with Gasteiger partial charge in [0.05, 0.1) is 11.1 Å². The van der Waals surface area contributed by atoms with Crippen LogP contribution < -0.4 is 10.3 Å². The Morgan fingerprint density at radius 1 is 0.558 bits per heavy atom. The van der Waals surface area contributed by atoms with Gasteiger partial charge >= 0.3 is 0 Å². The summed E-state index contributed by atoms with van der Waals surface area (Å²) in [5, 5.41) is 36.5. The van der Waals surface area contributed by atoms with Gasteiger partial charge in [0, 0.05) is 20.1 Å². The standard InChI is InChI=1S/C16H11Br2FN2O4S.C16H11F3N2O4S/c17-10-3-1-9(5-11(10)18)16-15(13(7-22)25-21-16)8-2-4-14(12(19)6-8)26(20,23)24;17-10-3-1-9(6-11(10)18)16-15(13(7-22)25-21-16)8-2-4-14(12(19)5-8)26(20,23)24/h2*1-6,22H,7H2,(H2,20,23,24). The van der Waals surface area contributed by atoms with E-state index in [9.17, 15) is 44.6 Å². The summed E-state index contributed by atoms with van der Waals surface area (Å²) in [7, 11) is -8.44. The van der Waals surface area contributed by atoms with Crippen molar-refractivity contribution in [2.75, 3.05) is 0 Å². The second-order valence-electron chi connectivity index (χ2n) is 10.6. The Labute approximate surface area is 309 Å².